The van der Waals surface area contributed by atoms with Gasteiger partial charge in [-0.25, -0.2) is 0 Å². The number of β-amino-alcohol motifs (C(OH)–C–C–N with tert-alkyl or cyclic N) is 1. The van der Waals surface area contributed by atoms with Gasteiger partial charge in [0.25, 0.3) is 16.1 Å². The normalized spacial score (nSPS) is 21.9. The predicted molar refractivity (Wildman–Crippen MR) is 147 cm³/mol. The zero-order valence-electron chi connectivity index (χ0n) is 22.4. The van der Waals surface area contributed by atoms with Gasteiger partial charge in [-0.15, -0.1) is 0 Å². The molecule has 43 heavy (non-hydrogen) atoms. The smallest absolute Gasteiger partial charge is 0.407 e. The number of piperazine rings is 1. The second-order valence-electron chi connectivity index (χ2n) is 9.99. The number of nitriles is 1. The number of aliphatic hydroxyl groups excluding tert-OH is 1. The predicted octanol–water partition coefficient (Wildman–Crippen LogP) is 2.86. The summed E-state index contributed by atoms with van der Waals surface area (Å²) >= 11 is 6.22. The molecule has 0 radical (unpaired) electrons. The van der Waals surface area contributed by atoms with Crippen molar-refractivity contribution in [3.8, 4) is 11.9 Å². The van der Waals surface area contributed by atoms with Crippen LogP contribution in [0, 0.1) is 11.3 Å². The van der Waals surface area contributed by atoms with Crippen molar-refractivity contribution in [3.05, 3.63) is 82.0 Å². The summed E-state index contributed by atoms with van der Waals surface area (Å²) in [5, 5.41) is 26.9. The Labute approximate surface area is 250 Å². The second-order valence-corrected chi connectivity index (χ2v) is 12.3. The molecule has 0 spiro atoms. The molecular weight excluding hydrogens is 613 g/mol. The van der Waals surface area contributed by atoms with E-state index in [0.29, 0.717) is 14.6 Å². The third-order valence-corrected chi connectivity index (χ3v) is 9.51. The molecule has 16 heteroatoms. The molecule has 2 aromatic carbocycles. The molecule has 0 bridgehead atoms. The third kappa shape index (κ3) is 6.12. The Balaban J connectivity index is 1.62. The standard InChI is InChI=1S/C27H26ClF3N6O5S/c28-21-9-5-4-8-19(21)25(39)37-26(42-16-17-6-2-1-3-7-17)20(14-32)22(34-37)23-24(27(29,30)31)36(13-11-33-23)43(40,41)35-12-10-18(38)15-35/h1-9,18,23-24,33,38H,10-13,15-16H2. The number of aliphatic hydroxyl groups is 1. The maximum atomic E-state index is 14.8. The van der Waals surface area contributed by atoms with Crippen LogP contribution in [-0.4, -0.2) is 82.3 Å². The molecule has 228 valence electrons. The summed E-state index contributed by atoms with van der Waals surface area (Å²) in [6, 6.07) is 11.8. The van der Waals surface area contributed by atoms with E-state index in [1.54, 1.807) is 36.4 Å². The Morgan fingerprint density at radius 2 is 1.86 bits per heavy atom. The molecule has 1 aromatic heterocycles. The molecule has 11 nitrogen and oxygen atoms in total. The van der Waals surface area contributed by atoms with Gasteiger partial charge in [-0.1, -0.05) is 54.1 Å². The molecule has 2 saturated heterocycles. The lowest BCUT2D eigenvalue weighted by Gasteiger charge is -2.42. The number of alkyl halides is 3. The van der Waals surface area contributed by atoms with Gasteiger partial charge in [0, 0.05) is 26.2 Å². The average molecular weight is 639 g/mol. The highest BCUT2D eigenvalue weighted by molar-refractivity contribution is 7.86. The lowest BCUT2D eigenvalue weighted by Crippen LogP contribution is -2.63. The highest BCUT2D eigenvalue weighted by atomic mass is 35.5. The van der Waals surface area contributed by atoms with Crippen LogP contribution in [0.4, 0.5) is 13.2 Å². The van der Waals surface area contributed by atoms with Gasteiger partial charge >= 0.3 is 6.18 Å². The number of carbonyl (C=O) groups excluding carboxylic acids is 1. The van der Waals surface area contributed by atoms with E-state index >= 15 is 0 Å². The lowest BCUT2D eigenvalue weighted by atomic mass is 9.99. The minimum atomic E-state index is -5.13. The number of nitrogens with zero attached hydrogens (tertiary/aromatic N) is 5. The van der Waals surface area contributed by atoms with Gasteiger partial charge in [-0.05, 0) is 24.1 Å². The summed E-state index contributed by atoms with van der Waals surface area (Å²) in [6.45, 7) is -1.40. The molecule has 2 aliphatic rings. The minimum Gasteiger partial charge on any atom is -0.472 e. The van der Waals surface area contributed by atoms with E-state index in [1.807, 2.05) is 6.07 Å². The molecule has 0 amide bonds. The second kappa shape index (κ2) is 12.2. The van der Waals surface area contributed by atoms with E-state index in [4.69, 9.17) is 16.3 Å². The van der Waals surface area contributed by atoms with Gasteiger partial charge in [0.05, 0.1) is 22.7 Å². The number of aromatic nitrogens is 2. The van der Waals surface area contributed by atoms with Crippen LogP contribution in [0.3, 0.4) is 0 Å². The van der Waals surface area contributed by atoms with Crippen LogP contribution >= 0.6 is 11.6 Å². The van der Waals surface area contributed by atoms with E-state index in [1.165, 1.54) is 18.2 Å². The van der Waals surface area contributed by atoms with Crippen LogP contribution in [0.25, 0.3) is 0 Å². The van der Waals surface area contributed by atoms with Crippen molar-refractivity contribution < 1.29 is 36.2 Å². The number of rotatable bonds is 7. The number of hydrogen-bond acceptors (Lipinski definition) is 8. The third-order valence-electron chi connectivity index (χ3n) is 7.20. The Morgan fingerprint density at radius 3 is 2.49 bits per heavy atom. The van der Waals surface area contributed by atoms with E-state index in [0.717, 1.165) is 4.31 Å². The first kappa shape index (κ1) is 30.9. The fourth-order valence-corrected chi connectivity index (χ4v) is 7.22. The Kier molecular flexibility index (Phi) is 8.80. The number of ether oxygens (including phenoxy) is 1. The zero-order chi connectivity index (χ0) is 30.9. The lowest BCUT2D eigenvalue weighted by molar-refractivity contribution is -0.185. The van der Waals surface area contributed by atoms with E-state index in [-0.39, 0.29) is 43.2 Å². The summed E-state index contributed by atoms with van der Waals surface area (Å²) in [6.07, 6.45) is -6.04. The van der Waals surface area contributed by atoms with Gasteiger partial charge in [0.1, 0.15) is 30.0 Å². The molecule has 5 rings (SSSR count). The summed E-state index contributed by atoms with van der Waals surface area (Å²) in [5.41, 5.74) is -0.401. The minimum absolute atomic E-state index is 0.0334. The molecule has 3 heterocycles. The van der Waals surface area contributed by atoms with E-state index < -0.39 is 64.2 Å². The van der Waals surface area contributed by atoms with Gasteiger partial charge in [0.15, 0.2) is 0 Å². The summed E-state index contributed by atoms with van der Waals surface area (Å²) < 4.78 is 78.8. The molecular formula is C27H26ClF3N6O5S. The van der Waals surface area contributed by atoms with Gasteiger partial charge in [-0.3, -0.25) is 4.79 Å². The number of halogens is 4. The maximum Gasteiger partial charge on any atom is 0.407 e. The summed E-state index contributed by atoms with van der Waals surface area (Å²) in [4.78, 5) is 13.6. The van der Waals surface area contributed by atoms with Crippen molar-refractivity contribution in [2.75, 3.05) is 26.2 Å². The zero-order valence-corrected chi connectivity index (χ0v) is 24.0. The number of nitrogens with one attached hydrogen (secondary N) is 1. The van der Waals surface area contributed by atoms with Crippen molar-refractivity contribution in [1.29, 1.82) is 5.26 Å². The number of hydrogen-bond donors (Lipinski definition) is 2. The summed E-state index contributed by atoms with van der Waals surface area (Å²) in [7, 11) is -4.69. The molecule has 3 aromatic rings. The van der Waals surface area contributed by atoms with Crippen LogP contribution < -0.4 is 10.1 Å². The molecule has 2 N–H and O–H groups in total. The van der Waals surface area contributed by atoms with Crippen LogP contribution in [0.2, 0.25) is 5.02 Å². The van der Waals surface area contributed by atoms with Crippen molar-refractivity contribution in [2.24, 2.45) is 0 Å². The maximum absolute atomic E-state index is 14.8. The van der Waals surface area contributed by atoms with Crippen LogP contribution in [0.15, 0.2) is 54.6 Å². The first-order valence-corrected chi connectivity index (χ1v) is 14.9. The molecule has 2 fully saturated rings. The fourth-order valence-electron chi connectivity index (χ4n) is 5.16. The monoisotopic (exact) mass is 638 g/mol. The Bertz CT molecular complexity index is 1650. The average Bonchev–Trinajstić information content (AvgIpc) is 3.59. The fraction of sp³-hybridized carbons (Fsp3) is 0.370. The van der Waals surface area contributed by atoms with Crippen molar-refractivity contribution in [3.63, 3.8) is 0 Å². The molecule has 3 atom stereocenters. The first-order chi connectivity index (χ1) is 20.4. The van der Waals surface area contributed by atoms with Crippen LogP contribution in [0.5, 0.6) is 5.88 Å². The van der Waals surface area contributed by atoms with E-state index in [2.05, 4.69) is 10.4 Å². The molecule has 0 saturated carbocycles. The van der Waals surface area contributed by atoms with Crippen molar-refractivity contribution in [2.45, 2.75) is 37.4 Å². The quantitative estimate of drug-likeness (QED) is 0.403. The highest BCUT2D eigenvalue weighted by Crippen LogP contribution is 2.41. The highest BCUT2D eigenvalue weighted by Gasteiger charge is 2.57. The SMILES string of the molecule is N#Cc1c(C2NCCN(S(=O)(=O)N3CCC(O)C3)C2C(F)(F)F)nn(C(=O)c2ccccc2Cl)c1OCc1ccccc1. The van der Waals surface area contributed by atoms with Crippen LogP contribution in [-0.2, 0) is 16.8 Å². The van der Waals surface area contributed by atoms with Gasteiger partial charge < -0.3 is 15.2 Å². The van der Waals surface area contributed by atoms with Crippen LogP contribution in [0.1, 0.15) is 39.6 Å². The van der Waals surface area contributed by atoms with Crippen molar-refractivity contribution >= 4 is 27.7 Å². The summed E-state index contributed by atoms with van der Waals surface area (Å²) in [5.74, 6) is -1.29. The molecule has 0 aliphatic carbocycles. The topological polar surface area (TPSA) is 141 Å². The van der Waals surface area contributed by atoms with Gasteiger partial charge in [-0.2, -0.15) is 45.2 Å². The Hall–Kier alpha value is -3.52. The van der Waals surface area contributed by atoms with E-state index in [9.17, 15) is 36.8 Å². The first-order valence-electron chi connectivity index (χ1n) is 13.2. The van der Waals surface area contributed by atoms with Crippen molar-refractivity contribution in [1.82, 2.24) is 23.7 Å². The molecule has 2 aliphatic heterocycles. The molecule has 3 unspecified atom stereocenters. The largest absolute Gasteiger partial charge is 0.472 e. The Morgan fingerprint density at radius 1 is 1.16 bits per heavy atom. The number of benzene rings is 2. The van der Waals surface area contributed by atoms with Gasteiger partial charge in [0.2, 0.25) is 5.88 Å². The number of carbonyl (C=O) groups is 1.